The van der Waals surface area contributed by atoms with Gasteiger partial charge in [0.2, 0.25) is 0 Å². The van der Waals surface area contributed by atoms with Crippen LogP contribution in [0.2, 0.25) is 0 Å². The van der Waals surface area contributed by atoms with E-state index in [9.17, 15) is 5.11 Å². The van der Waals surface area contributed by atoms with E-state index in [0.717, 1.165) is 28.9 Å². The van der Waals surface area contributed by atoms with Crippen molar-refractivity contribution in [2.45, 2.75) is 52.1 Å². The molecule has 1 aliphatic heterocycles. The molecule has 22 heavy (non-hydrogen) atoms. The highest BCUT2D eigenvalue weighted by Crippen LogP contribution is 2.49. The first-order valence-electron chi connectivity index (χ1n) is 7.82. The summed E-state index contributed by atoms with van der Waals surface area (Å²) in [5.41, 5.74) is 3.85. The Hall–Kier alpha value is -1.96. The molecule has 2 nitrogen and oxygen atoms in total. The van der Waals surface area contributed by atoms with E-state index in [2.05, 4.69) is 39.0 Å². The van der Waals surface area contributed by atoms with Crippen molar-refractivity contribution in [1.82, 2.24) is 0 Å². The van der Waals surface area contributed by atoms with Crippen molar-refractivity contribution in [2.24, 2.45) is 0 Å². The Bertz CT molecular complexity index is 707. The largest absolute Gasteiger partial charge is 0.507 e. The molecule has 0 spiro atoms. The lowest BCUT2D eigenvalue weighted by atomic mass is 9.71. The maximum absolute atomic E-state index is 10.0. The molecule has 2 heteroatoms. The summed E-state index contributed by atoms with van der Waals surface area (Å²) in [5, 5.41) is 10.0. The summed E-state index contributed by atoms with van der Waals surface area (Å²) in [6, 6.07) is 12.4. The standard InChI is InChI=1S/C20H24O2/c1-13-10-15(11-14(2)18(13)21)20(5)12-19(3,4)16-8-6-7-9-17(16)22-20/h6-11,21H,12H2,1-5H3. The van der Waals surface area contributed by atoms with E-state index in [1.54, 1.807) is 0 Å². The van der Waals surface area contributed by atoms with Gasteiger partial charge in [-0.3, -0.25) is 0 Å². The molecule has 0 aliphatic carbocycles. The van der Waals surface area contributed by atoms with Crippen LogP contribution in [-0.4, -0.2) is 5.11 Å². The van der Waals surface area contributed by atoms with Gasteiger partial charge in [-0.05, 0) is 66.6 Å². The van der Waals surface area contributed by atoms with Gasteiger partial charge in [0.15, 0.2) is 0 Å². The first-order valence-corrected chi connectivity index (χ1v) is 7.82. The Labute approximate surface area is 132 Å². The van der Waals surface area contributed by atoms with Crippen LogP contribution < -0.4 is 4.74 Å². The zero-order chi connectivity index (χ0) is 16.1. The molecule has 0 fully saturated rings. The molecule has 1 unspecified atom stereocenters. The number of rotatable bonds is 1. The lowest BCUT2D eigenvalue weighted by Gasteiger charge is -2.44. The van der Waals surface area contributed by atoms with Crippen LogP contribution in [0.15, 0.2) is 36.4 Å². The Morgan fingerprint density at radius 1 is 1.00 bits per heavy atom. The van der Waals surface area contributed by atoms with E-state index < -0.39 is 0 Å². The summed E-state index contributed by atoms with van der Waals surface area (Å²) < 4.78 is 6.41. The molecule has 0 saturated heterocycles. The number of phenols is 1. The molecule has 2 aromatic carbocycles. The smallest absolute Gasteiger partial charge is 0.132 e. The zero-order valence-corrected chi connectivity index (χ0v) is 14.0. The lowest BCUT2D eigenvalue weighted by molar-refractivity contribution is 0.0323. The van der Waals surface area contributed by atoms with Crippen LogP contribution in [-0.2, 0) is 11.0 Å². The number of benzene rings is 2. The maximum atomic E-state index is 10.0. The highest BCUT2D eigenvalue weighted by atomic mass is 16.5. The molecule has 0 radical (unpaired) electrons. The third-order valence-corrected chi connectivity index (χ3v) is 4.83. The van der Waals surface area contributed by atoms with Crippen LogP contribution >= 0.6 is 0 Å². The van der Waals surface area contributed by atoms with Gasteiger partial charge in [-0.1, -0.05) is 32.0 Å². The molecule has 3 rings (SSSR count). The number of aryl methyl sites for hydroxylation is 2. The first-order chi connectivity index (χ1) is 10.2. The predicted molar refractivity (Wildman–Crippen MR) is 89.6 cm³/mol. The van der Waals surface area contributed by atoms with Crippen molar-refractivity contribution in [3.8, 4) is 11.5 Å². The fourth-order valence-electron chi connectivity index (χ4n) is 3.75. The van der Waals surface area contributed by atoms with E-state index in [1.165, 1.54) is 5.56 Å². The topological polar surface area (TPSA) is 29.5 Å². The second kappa shape index (κ2) is 4.77. The Balaban J connectivity index is 2.12. The van der Waals surface area contributed by atoms with Gasteiger partial charge in [0, 0.05) is 6.42 Å². The minimum atomic E-state index is -0.388. The number of hydrogen-bond acceptors (Lipinski definition) is 2. The van der Waals surface area contributed by atoms with Gasteiger partial charge in [-0.15, -0.1) is 0 Å². The van der Waals surface area contributed by atoms with Crippen LogP contribution in [0.5, 0.6) is 11.5 Å². The minimum Gasteiger partial charge on any atom is -0.507 e. The number of ether oxygens (including phenoxy) is 1. The van der Waals surface area contributed by atoms with Gasteiger partial charge in [0.25, 0.3) is 0 Å². The predicted octanol–water partition coefficient (Wildman–Crippen LogP) is 4.98. The van der Waals surface area contributed by atoms with Crippen LogP contribution in [0.3, 0.4) is 0 Å². The molecule has 0 amide bonds. The summed E-state index contributed by atoms with van der Waals surface area (Å²) in [6.45, 7) is 10.6. The quantitative estimate of drug-likeness (QED) is 0.803. The zero-order valence-electron chi connectivity index (χ0n) is 14.0. The molecule has 0 aromatic heterocycles. The van der Waals surface area contributed by atoms with Crippen molar-refractivity contribution in [3.05, 3.63) is 58.7 Å². The van der Waals surface area contributed by atoms with Crippen LogP contribution in [0.25, 0.3) is 0 Å². The average Bonchev–Trinajstić information content (AvgIpc) is 2.43. The van der Waals surface area contributed by atoms with E-state index in [1.807, 2.05) is 32.0 Å². The lowest BCUT2D eigenvalue weighted by Crippen LogP contribution is -2.41. The number of para-hydroxylation sites is 1. The van der Waals surface area contributed by atoms with E-state index in [0.29, 0.717) is 5.75 Å². The molecular weight excluding hydrogens is 272 g/mol. The first kappa shape index (κ1) is 15.0. The maximum Gasteiger partial charge on any atom is 0.132 e. The molecule has 1 atom stereocenters. The molecule has 1 N–H and O–H groups in total. The van der Waals surface area contributed by atoms with Crippen LogP contribution in [0, 0.1) is 13.8 Å². The third kappa shape index (κ3) is 2.27. The molecule has 0 saturated carbocycles. The summed E-state index contributed by atoms with van der Waals surface area (Å²) in [7, 11) is 0. The highest BCUT2D eigenvalue weighted by Gasteiger charge is 2.43. The number of phenolic OH excluding ortho intramolecular Hbond substituents is 1. The van der Waals surface area contributed by atoms with Gasteiger partial charge in [0.05, 0.1) is 0 Å². The highest BCUT2D eigenvalue weighted by molar-refractivity contribution is 5.47. The Morgan fingerprint density at radius 2 is 1.59 bits per heavy atom. The molecular formula is C20H24O2. The molecule has 2 aromatic rings. The SMILES string of the molecule is Cc1cc(C2(C)CC(C)(C)c3ccccc3O2)cc(C)c1O. The van der Waals surface area contributed by atoms with Gasteiger partial charge >= 0.3 is 0 Å². The second-order valence-electron chi connectivity index (χ2n) is 7.35. The minimum absolute atomic E-state index is 0.0449. The van der Waals surface area contributed by atoms with E-state index in [4.69, 9.17) is 4.74 Å². The summed E-state index contributed by atoms with van der Waals surface area (Å²) >= 11 is 0. The molecule has 0 bridgehead atoms. The van der Waals surface area contributed by atoms with Crippen molar-refractivity contribution in [3.63, 3.8) is 0 Å². The van der Waals surface area contributed by atoms with E-state index in [-0.39, 0.29) is 11.0 Å². The average molecular weight is 296 g/mol. The van der Waals surface area contributed by atoms with Crippen molar-refractivity contribution in [2.75, 3.05) is 0 Å². The Morgan fingerprint density at radius 3 is 2.23 bits per heavy atom. The number of aromatic hydroxyl groups is 1. The molecule has 116 valence electrons. The summed E-state index contributed by atoms with van der Waals surface area (Å²) in [5.74, 6) is 1.34. The normalized spacial score (nSPS) is 22.8. The van der Waals surface area contributed by atoms with Gasteiger partial charge < -0.3 is 9.84 Å². The van der Waals surface area contributed by atoms with Crippen molar-refractivity contribution in [1.29, 1.82) is 0 Å². The van der Waals surface area contributed by atoms with Crippen molar-refractivity contribution < 1.29 is 9.84 Å². The summed E-state index contributed by atoms with van der Waals surface area (Å²) in [6.07, 6.45) is 0.903. The second-order valence-corrected chi connectivity index (χ2v) is 7.35. The van der Waals surface area contributed by atoms with Crippen molar-refractivity contribution >= 4 is 0 Å². The van der Waals surface area contributed by atoms with Gasteiger partial charge in [0.1, 0.15) is 17.1 Å². The monoisotopic (exact) mass is 296 g/mol. The fraction of sp³-hybridized carbons (Fsp3) is 0.400. The fourth-order valence-corrected chi connectivity index (χ4v) is 3.75. The summed E-state index contributed by atoms with van der Waals surface area (Å²) in [4.78, 5) is 0. The van der Waals surface area contributed by atoms with E-state index >= 15 is 0 Å². The number of fused-ring (bicyclic) bond motifs is 1. The molecule has 1 heterocycles. The van der Waals surface area contributed by atoms with Gasteiger partial charge in [-0.2, -0.15) is 0 Å². The Kier molecular flexibility index (Phi) is 3.24. The third-order valence-electron chi connectivity index (χ3n) is 4.83. The number of hydrogen-bond donors (Lipinski definition) is 1. The van der Waals surface area contributed by atoms with Gasteiger partial charge in [-0.25, -0.2) is 0 Å². The van der Waals surface area contributed by atoms with Crippen LogP contribution in [0.4, 0.5) is 0 Å². The molecule has 1 aliphatic rings. The van der Waals surface area contributed by atoms with Crippen LogP contribution in [0.1, 0.15) is 49.4 Å².